The van der Waals surface area contributed by atoms with E-state index in [0.29, 0.717) is 0 Å². The highest BCUT2D eigenvalue weighted by Crippen LogP contribution is 2.53. The molecule has 1 aliphatic heterocycles. The molecule has 23 heavy (non-hydrogen) atoms. The van der Waals surface area contributed by atoms with Crippen molar-refractivity contribution in [1.82, 2.24) is 0 Å². The highest BCUT2D eigenvalue weighted by atomic mass is 16.3. The molecule has 0 bridgehead atoms. The Bertz CT molecular complexity index is 558. The molecule has 1 saturated heterocycles. The van der Waals surface area contributed by atoms with E-state index < -0.39 is 5.60 Å². The van der Waals surface area contributed by atoms with Crippen molar-refractivity contribution >= 4 is 0 Å². The molecule has 0 amide bonds. The molecule has 1 saturated carbocycles. The first-order valence-corrected chi connectivity index (χ1v) is 9.32. The van der Waals surface area contributed by atoms with Crippen LogP contribution in [-0.2, 0) is 5.60 Å². The Morgan fingerprint density at radius 3 is 2.35 bits per heavy atom. The van der Waals surface area contributed by atoms with Crippen molar-refractivity contribution in [1.29, 1.82) is 0 Å². The number of hydrogen-bond acceptors (Lipinski definition) is 1. The van der Waals surface area contributed by atoms with Crippen LogP contribution in [0.1, 0.15) is 57.4 Å². The Balaban J connectivity index is 1.91. The molecule has 1 aromatic rings. The Morgan fingerprint density at radius 1 is 1.09 bits per heavy atom. The fourth-order valence-electron chi connectivity index (χ4n) is 4.56. The van der Waals surface area contributed by atoms with Crippen molar-refractivity contribution in [2.45, 2.75) is 57.5 Å². The predicted molar refractivity (Wildman–Crippen MR) is 94.1 cm³/mol. The summed E-state index contributed by atoms with van der Waals surface area (Å²) in [5, 5.41) is 11.7. The molecule has 0 radical (unpaired) electrons. The van der Waals surface area contributed by atoms with Gasteiger partial charge in [0.15, 0.2) is 5.60 Å². The molecule has 0 unspecified atom stereocenters. The molecule has 1 heterocycles. The van der Waals surface area contributed by atoms with Crippen molar-refractivity contribution in [2.24, 2.45) is 5.41 Å². The van der Waals surface area contributed by atoms with E-state index >= 15 is 0 Å². The first-order chi connectivity index (χ1) is 11.2. The molecule has 2 N–H and O–H groups in total. The van der Waals surface area contributed by atoms with Gasteiger partial charge in [-0.1, -0.05) is 56.0 Å². The monoisotopic (exact) mass is 312 g/mol. The van der Waals surface area contributed by atoms with Crippen LogP contribution in [0.25, 0.3) is 0 Å². The zero-order valence-corrected chi connectivity index (χ0v) is 14.4. The minimum atomic E-state index is -1.00. The quantitative estimate of drug-likeness (QED) is 0.821. The lowest BCUT2D eigenvalue weighted by Crippen LogP contribution is -3.09. The van der Waals surface area contributed by atoms with Gasteiger partial charge in [-0.2, -0.15) is 0 Å². The molecule has 1 atom stereocenters. The second-order valence-corrected chi connectivity index (χ2v) is 7.35. The van der Waals surface area contributed by atoms with Crippen LogP contribution >= 0.6 is 0 Å². The first-order valence-electron chi connectivity index (χ1n) is 9.32. The molecule has 1 aliphatic carbocycles. The van der Waals surface area contributed by atoms with Crippen LogP contribution in [0.4, 0.5) is 0 Å². The lowest BCUT2D eigenvalue weighted by atomic mass is 9.65. The number of nitrogens with one attached hydrogen (secondary N) is 1. The maximum atomic E-state index is 11.7. The van der Waals surface area contributed by atoms with E-state index in [-0.39, 0.29) is 5.41 Å². The molecule has 2 aliphatic rings. The third-order valence-electron chi connectivity index (χ3n) is 6.11. The van der Waals surface area contributed by atoms with Gasteiger partial charge < -0.3 is 10.0 Å². The fourth-order valence-corrected chi connectivity index (χ4v) is 4.56. The van der Waals surface area contributed by atoms with E-state index in [1.807, 2.05) is 30.3 Å². The standard InChI is InChI=1S/C21H29NO/c1-2-20(13-6-7-14-20)21(23,19-11-4-3-5-12-19)15-10-18-22-16-8-9-17-22/h3-5,11-12,23H,2,6-9,13-14,16-18H2,1H3/p+1/t21-/m1/s1. The van der Waals surface area contributed by atoms with Gasteiger partial charge in [-0.3, -0.25) is 0 Å². The summed E-state index contributed by atoms with van der Waals surface area (Å²) in [6.07, 6.45) is 8.21. The average molecular weight is 312 g/mol. The van der Waals surface area contributed by atoms with Crippen molar-refractivity contribution in [3.05, 3.63) is 35.9 Å². The first kappa shape index (κ1) is 16.6. The van der Waals surface area contributed by atoms with E-state index in [1.54, 1.807) is 4.90 Å². The zero-order valence-electron chi connectivity index (χ0n) is 14.4. The summed E-state index contributed by atoms with van der Waals surface area (Å²) in [5.74, 6) is 6.72. The number of hydrogen-bond donors (Lipinski definition) is 2. The molecule has 2 fully saturated rings. The molecular formula is C21H30NO+. The number of aliphatic hydroxyl groups is 1. The van der Waals surface area contributed by atoms with Gasteiger partial charge in [-0.15, -0.1) is 0 Å². The van der Waals surface area contributed by atoms with Crippen LogP contribution in [0.3, 0.4) is 0 Å². The molecule has 1 aromatic carbocycles. The summed E-state index contributed by atoms with van der Waals surface area (Å²) < 4.78 is 0. The Kier molecular flexibility index (Phi) is 5.09. The van der Waals surface area contributed by atoms with Gasteiger partial charge in [0.1, 0.15) is 6.54 Å². The Morgan fingerprint density at radius 2 is 1.74 bits per heavy atom. The number of quaternary nitrogens is 1. The van der Waals surface area contributed by atoms with Crippen molar-refractivity contribution in [3.8, 4) is 11.8 Å². The number of benzene rings is 1. The van der Waals surface area contributed by atoms with Gasteiger partial charge in [0.05, 0.1) is 13.1 Å². The number of rotatable bonds is 4. The molecular weight excluding hydrogens is 282 g/mol. The van der Waals surface area contributed by atoms with Gasteiger partial charge in [0.2, 0.25) is 0 Å². The maximum Gasteiger partial charge on any atom is 0.156 e. The van der Waals surface area contributed by atoms with E-state index in [9.17, 15) is 5.11 Å². The van der Waals surface area contributed by atoms with Gasteiger partial charge in [0, 0.05) is 18.3 Å². The van der Waals surface area contributed by atoms with Crippen LogP contribution in [0.2, 0.25) is 0 Å². The van der Waals surface area contributed by atoms with Crippen LogP contribution in [-0.4, -0.2) is 24.7 Å². The third kappa shape index (κ3) is 3.18. The van der Waals surface area contributed by atoms with Crippen molar-refractivity contribution in [2.75, 3.05) is 19.6 Å². The van der Waals surface area contributed by atoms with E-state index in [1.165, 1.54) is 38.8 Å². The largest absolute Gasteiger partial charge is 0.373 e. The summed E-state index contributed by atoms with van der Waals surface area (Å²) >= 11 is 0. The normalized spacial score (nSPS) is 23.2. The van der Waals surface area contributed by atoms with Gasteiger partial charge >= 0.3 is 0 Å². The van der Waals surface area contributed by atoms with Crippen molar-refractivity contribution in [3.63, 3.8) is 0 Å². The van der Waals surface area contributed by atoms with E-state index in [2.05, 4.69) is 18.8 Å². The van der Waals surface area contributed by atoms with Crippen LogP contribution in [0.5, 0.6) is 0 Å². The summed E-state index contributed by atoms with van der Waals surface area (Å²) in [7, 11) is 0. The topological polar surface area (TPSA) is 24.7 Å². The summed E-state index contributed by atoms with van der Waals surface area (Å²) in [6, 6.07) is 10.2. The fraction of sp³-hybridized carbons (Fsp3) is 0.619. The molecule has 124 valence electrons. The van der Waals surface area contributed by atoms with Crippen LogP contribution in [0, 0.1) is 17.3 Å². The van der Waals surface area contributed by atoms with Gasteiger partial charge in [0.25, 0.3) is 0 Å². The highest BCUT2D eigenvalue weighted by Gasteiger charge is 2.50. The smallest absolute Gasteiger partial charge is 0.156 e. The average Bonchev–Trinajstić information content (AvgIpc) is 3.28. The van der Waals surface area contributed by atoms with E-state index in [4.69, 9.17) is 0 Å². The molecule has 0 aromatic heterocycles. The van der Waals surface area contributed by atoms with Crippen molar-refractivity contribution < 1.29 is 10.0 Å². The van der Waals surface area contributed by atoms with Gasteiger partial charge in [-0.25, -0.2) is 0 Å². The summed E-state index contributed by atoms with van der Waals surface area (Å²) in [5.41, 5.74) is -0.104. The highest BCUT2D eigenvalue weighted by molar-refractivity contribution is 5.36. The Labute approximate surface area is 140 Å². The molecule has 3 rings (SSSR count). The van der Waals surface area contributed by atoms with Gasteiger partial charge in [-0.05, 0) is 30.7 Å². The minimum absolute atomic E-state index is 0.0817. The SMILES string of the molecule is CCC1([C@@](O)(C#CC[NH+]2CCCC2)c2ccccc2)CCCC1. The predicted octanol–water partition coefficient (Wildman–Crippen LogP) is 2.53. The lowest BCUT2D eigenvalue weighted by Gasteiger charge is -2.41. The maximum absolute atomic E-state index is 11.7. The minimum Gasteiger partial charge on any atom is -0.373 e. The van der Waals surface area contributed by atoms with Crippen LogP contribution in [0.15, 0.2) is 30.3 Å². The third-order valence-corrected chi connectivity index (χ3v) is 6.11. The second kappa shape index (κ2) is 7.07. The number of likely N-dealkylation sites (tertiary alicyclic amines) is 1. The second-order valence-electron chi connectivity index (χ2n) is 7.35. The summed E-state index contributed by atoms with van der Waals surface area (Å²) in [4.78, 5) is 1.57. The zero-order chi connectivity index (χ0) is 16.2. The van der Waals surface area contributed by atoms with Crippen LogP contribution < -0.4 is 4.90 Å². The summed E-state index contributed by atoms with van der Waals surface area (Å²) in [6.45, 7) is 5.55. The lowest BCUT2D eigenvalue weighted by molar-refractivity contribution is -0.879. The molecule has 2 nitrogen and oxygen atoms in total. The van der Waals surface area contributed by atoms with E-state index in [0.717, 1.165) is 31.4 Å². The molecule has 0 spiro atoms. The Hall–Kier alpha value is -1.30. The molecule has 2 heteroatoms.